The number of thiophene rings is 1. The van der Waals surface area contributed by atoms with Gasteiger partial charge in [-0.3, -0.25) is 4.79 Å². The molecule has 1 N–H and O–H groups in total. The van der Waals surface area contributed by atoms with Crippen LogP contribution in [0.4, 0.5) is 0 Å². The van der Waals surface area contributed by atoms with Crippen LogP contribution in [-0.2, 0) is 14.8 Å². The van der Waals surface area contributed by atoms with Crippen molar-refractivity contribution in [3.63, 3.8) is 0 Å². The molecule has 100 valence electrons. The van der Waals surface area contributed by atoms with E-state index in [1.807, 2.05) is 0 Å². The molecule has 18 heavy (non-hydrogen) atoms. The van der Waals surface area contributed by atoms with Gasteiger partial charge in [-0.2, -0.15) is 4.31 Å². The minimum Gasteiger partial charge on any atom is -0.481 e. The molecule has 0 saturated carbocycles. The average molecular weight is 354 g/mol. The lowest BCUT2D eigenvalue weighted by Gasteiger charge is -2.21. The molecular formula is C10H12BrNO4S2. The lowest BCUT2D eigenvalue weighted by molar-refractivity contribution is -0.142. The van der Waals surface area contributed by atoms with E-state index in [1.54, 1.807) is 13.0 Å². The summed E-state index contributed by atoms with van der Waals surface area (Å²) in [6.45, 7) is 1.90. The van der Waals surface area contributed by atoms with Crippen LogP contribution in [0, 0.1) is 5.92 Å². The third kappa shape index (κ3) is 2.34. The van der Waals surface area contributed by atoms with Gasteiger partial charge in [0.25, 0.3) is 10.0 Å². The van der Waals surface area contributed by atoms with Gasteiger partial charge in [-0.05, 0) is 41.4 Å². The number of rotatable bonds is 3. The first-order valence-electron chi connectivity index (χ1n) is 5.34. The zero-order chi connectivity index (χ0) is 13.5. The fourth-order valence-corrected chi connectivity index (χ4v) is 5.95. The van der Waals surface area contributed by atoms with Gasteiger partial charge in [-0.25, -0.2) is 8.42 Å². The van der Waals surface area contributed by atoms with Gasteiger partial charge in [0.2, 0.25) is 0 Å². The van der Waals surface area contributed by atoms with Gasteiger partial charge in [0.05, 0.1) is 9.70 Å². The first-order valence-corrected chi connectivity index (χ1v) is 8.39. The monoisotopic (exact) mass is 353 g/mol. The minimum atomic E-state index is -3.57. The topological polar surface area (TPSA) is 74.7 Å². The smallest absolute Gasteiger partial charge is 0.308 e. The van der Waals surface area contributed by atoms with Crippen LogP contribution in [0.1, 0.15) is 13.3 Å². The van der Waals surface area contributed by atoms with Gasteiger partial charge >= 0.3 is 5.97 Å². The largest absolute Gasteiger partial charge is 0.481 e. The Morgan fingerprint density at radius 3 is 2.67 bits per heavy atom. The molecule has 0 amide bonds. The van der Waals surface area contributed by atoms with Gasteiger partial charge in [0, 0.05) is 12.6 Å². The Labute approximate surface area is 118 Å². The van der Waals surface area contributed by atoms with Crippen LogP contribution in [0.2, 0.25) is 0 Å². The third-order valence-corrected chi connectivity index (χ3v) is 7.20. The first-order chi connectivity index (χ1) is 8.34. The summed E-state index contributed by atoms with van der Waals surface area (Å²) in [5.41, 5.74) is 0. The zero-order valence-electron chi connectivity index (χ0n) is 9.54. The average Bonchev–Trinajstić information content (AvgIpc) is 2.84. The van der Waals surface area contributed by atoms with Crippen molar-refractivity contribution in [1.82, 2.24) is 4.31 Å². The minimum absolute atomic E-state index is 0.243. The molecule has 1 fully saturated rings. The summed E-state index contributed by atoms with van der Waals surface area (Å²) in [6, 6.07) is 2.70. The summed E-state index contributed by atoms with van der Waals surface area (Å²) >= 11 is 4.36. The number of nitrogens with zero attached hydrogens (tertiary/aromatic N) is 1. The summed E-state index contributed by atoms with van der Waals surface area (Å²) in [5.74, 6) is -1.56. The molecule has 5 nitrogen and oxygen atoms in total. The number of carboxylic acid groups (broad SMARTS) is 1. The highest BCUT2D eigenvalue weighted by Gasteiger charge is 2.42. The Kier molecular flexibility index (Phi) is 3.82. The Hall–Kier alpha value is -0.440. The fraction of sp³-hybridized carbons (Fsp3) is 0.500. The molecule has 2 atom stereocenters. The van der Waals surface area contributed by atoms with E-state index in [0.717, 1.165) is 15.1 Å². The van der Waals surface area contributed by atoms with E-state index in [9.17, 15) is 13.2 Å². The van der Waals surface area contributed by atoms with Crippen molar-refractivity contribution in [3.05, 3.63) is 15.9 Å². The molecule has 1 aromatic heterocycles. The highest BCUT2D eigenvalue weighted by molar-refractivity contribution is 9.11. The molecule has 1 aliphatic rings. The molecule has 1 aliphatic heterocycles. The summed E-state index contributed by atoms with van der Waals surface area (Å²) in [6.07, 6.45) is 0.363. The van der Waals surface area contributed by atoms with Crippen molar-refractivity contribution in [1.29, 1.82) is 0 Å². The van der Waals surface area contributed by atoms with Crippen molar-refractivity contribution in [2.75, 3.05) is 6.54 Å². The summed E-state index contributed by atoms with van der Waals surface area (Å²) < 4.78 is 27.0. The summed E-state index contributed by atoms with van der Waals surface area (Å²) in [7, 11) is -3.57. The van der Waals surface area contributed by atoms with Gasteiger partial charge in [-0.15, -0.1) is 11.3 Å². The van der Waals surface area contributed by atoms with Gasteiger partial charge in [0.1, 0.15) is 4.21 Å². The van der Waals surface area contributed by atoms with E-state index < -0.39 is 28.0 Å². The van der Waals surface area contributed by atoms with Gasteiger partial charge < -0.3 is 5.11 Å². The second-order valence-electron chi connectivity index (χ2n) is 4.15. The molecule has 8 heteroatoms. The van der Waals surface area contributed by atoms with Crippen LogP contribution in [-0.4, -0.2) is 36.4 Å². The Balaban J connectivity index is 2.30. The normalized spacial score (nSPS) is 25.4. The lowest BCUT2D eigenvalue weighted by Crippen LogP contribution is -2.37. The highest BCUT2D eigenvalue weighted by atomic mass is 79.9. The van der Waals surface area contributed by atoms with Crippen LogP contribution < -0.4 is 0 Å². The number of sulfonamides is 1. The first kappa shape index (κ1) is 14.0. The quantitative estimate of drug-likeness (QED) is 0.901. The molecule has 0 aromatic carbocycles. The molecule has 0 radical (unpaired) electrons. The molecule has 0 bridgehead atoms. The third-order valence-electron chi connectivity index (χ3n) is 3.13. The maximum absolute atomic E-state index is 12.3. The number of carboxylic acids is 1. The van der Waals surface area contributed by atoms with Crippen molar-refractivity contribution >= 4 is 43.3 Å². The lowest BCUT2D eigenvalue weighted by atomic mass is 10.0. The van der Waals surface area contributed by atoms with Gasteiger partial charge in [-0.1, -0.05) is 0 Å². The van der Waals surface area contributed by atoms with Crippen molar-refractivity contribution in [3.8, 4) is 0 Å². The Morgan fingerprint density at radius 1 is 1.56 bits per heavy atom. The number of halogens is 1. The Bertz CT molecular complexity index is 568. The molecule has 0 aliphatic carbocycles. The van der Waals surface area contributed by atoms with Crippen molar-refractivity contribution in [2.45, 2.75) is 23.6 Å². The maximum Gasteiger partial charge on any atom is 0.308 e. The van der Waals surface area contributed by atoms with E-state index in [0.29, 0.717) is 6.42 Å². The molecule has 2 heterocycles. The fourth-order valence-electron chi connectivity index (χ4n) is 2.13. The highest BCUT2D eigenvalue weighted by Crippen LogP contribution is 2.34. The number of hydrogen-bond donors (Lipinski definition) is 1. The second-order valence-corrected chi connectivity index (χ2v) is 8.73. The number of hydrogen-bond acceptors (Lipinski definition) is 4. The summed E-state index contributed by atoms with van der Waals surface area (Å²) in [4.78, 5) is 11.0. The van der Waals surface area contributed by atoms with Crippen molar-refractivity contribution < 1.29 is 18.3 Å². The van der Waals surface area contributed by atoms with Crippen LogP contribution in [0.25, 0.3) is 0 Å². The molecule has 0 spiro atoms. The SMILES string of the molecule is CC1C(C(=O)O)CCN1S(=O)(=O)c1ccc(Br)s1. The molecule has 2 unspecified atom stereocenters. The summed E-state index contributed by atoms with van der Waals surface area (Å²) in [5, 5.41) is 9.02. The van der Waals surface area contributed by atoms with Crippen LogP contribution in [0.15, 0.2) is 20.1 Å². The van der Waals surface area contributed by atoms with E-state index in [2.05, 4.69) is 15.9 Å². The molecule has 2 rings (SSSR count). The van der Waals surface area contributed by atoms with E-state index in [4.69, 9.17) is 5.11 Å². The van der Waals surface area contributed by atoms with Gasteiger partial charge in [0.15, 0.2) is 0 Å². The van der Waals surface area contributed by atoms with Crippen molar-refractivity contribution in [2.24, 2.45) is 5.92 Å². The van der Waals surface area contributed by atoms with Crippen LogP contribution in [0.3, 0.4) is 0 Å². The van der Waals surface area contributed by atoms with Crippen LogP contribution >= 0.6 is 27.3 Å². The maximum atomic E-state index is 12.3. The van der Waals surface area contributed by atoms with E-state index in [-0.39, 0.29) is 10.8 Å². The molecular weight excluding hydrogens is 342 g/mol. The zero-order valence-corrected chi connectivity index (χ0v) is 12.8. The number of carbonyl (C=O) groups is 1. The molecule has 1 saturated heterocycles. The standard InChI is InChI=1S/C10H12BrNO4S2/c1-6-7(10(13)14)4-5-12(6)18(15,16)9-3-2-8(11)17-9/h2-3,6-7H,4-5H2,1H3,(H,13,14). The predicted molar refractivity (Wildman–Crippen MR) is 71.1 cm³/mol. The van der Waals surface area contributed by atoms with Crippen LogP contribution in [0.5, 0.6) is 0 Å². The number of aliphatic carboxylic acids is 1. The Morgan fingerprint density at radius 2 is 2.22 bits per heavy atom. The molecule has 1 aromatic rings. The van der Waals surface area contributed by atoms with E-state index in [1.165, 1.54) is 10.4 Å². The predicted octanol–water partition coefficient (Wildman–Crippen LogP) is 1.99. The van der Waals surface area contributed by atoms with E-state index >= 15 is 0 Å². The second kappa shape index (κ2) is 4.92.